The molecule has 1 aromatic heterocycles. The van der Waals surface area contributed by atoms with Crippen LogP contribution >= 0.6 is 11.6 Å². The number of anilines is 1. The predicted octanol–water partition coefficient (Wildman–Crippen LogP) is 2.31. The number of carbonyl (C=O) groups is 2. The first-order valence-corrected chi connectivity index (χ1v) is 7.78. The quantitative estimate of drug-likeness (QED) is 0.690. The molecule has 1 aliphatic heterocycles. The number of benzene rings is 1. The van der Waals surface area contributed by atoms with Gasteiger partial charge in [-0.1, -0.05) is 17.7 Å². The Labute approximate surface area is 139 Å². The molecule has 2 aromatic rings. The van der Waals surface area contributed by atoms with Crippen LogP contribution in [-0.2, 0) is 4.79 Å². The van der Waals surface area contributed by atoms with E-state index in [1.54, 1.807) is 30.5 Å². The SMILES string of the molecule is O=C(NC1CCN(c2ccccn2)C1)C(=O)c1ccc(Cl)cc1. The lowest BCUT2D eigenvalue weighted by molar-refractivity contribution is -0.117. The van der Waals surface area contributed by atoms with Crippen LogP contribution in [0.5, 0.6) is 0 Å². The van der Waals surface area contributed by atoms with Gasteiger partial charge in [0.05, 0.1) is 0 Å². The number of pyridine rings is 1. The van der Waals surface area contributed by atoms with Gasteiger partial charge in [-0.05, 0) is 42.8 Å². The van der Waals surface area contributed by atoms with Crippen LogP contribution in [0.2, 0.25) is 5.02 Å². The van der Waals surface area contributed by atoms with Crippen LogP contribution in [0, 0.1) is 0 Å². The average molecular weight is 330 g/mol. The maximum atomic E-state index is 12.1. The molecule has 0 spiro atoms. The summed E-state index contributed by atoms with van der Waals surface area (Å²) in [5.41, 5.74) is 0.339. The Balaban J connectivity index is 1.58. The standard InChI is InChI=1S/C17H16ClN3O2/c18-13-6-4-12(5-7-13)16(22)17(23)20-14-8-10-21(11-14)15-3-1-2-9-19-15/h1-7,9,14H,8,10-11H2,(H,20,23). The van der Waals surface area contributed by atoms with Crippen molar-refractivity contribution in [3.8, 4) is 0 Å². The van der Waals surface area contributed by atoms with Crippen molar-refractivity contribution in [1.82, 2.24) is 10.3 Å². The van der Waals surface area contributed by atoms with Gasteiger partial charge in [-0.15, -0.1) is 0 Å². The number of ketones is 1. The van der Waals surface area contributed by atoms with E-state index >= 15 is 0 Å². The van der Waals surface area contributed by atoms with Crippen molar-refractivity contribution >= 4 is 29.1 Å². The van der Waals surface area contributed by atoms with E-state index in [1.165, 1.54) is 0 Å². The molecule has 0 aliphatic carbocycles. The maximum absolute atomic E-state index is 12.1. The molecule has 3 rings (SSSR count). The van der Waals surface area contributed by atoms with E-state index < -0.39 is 11.7 Å². The van der Waals surface area contributed by atoms with Crippen LogP contribution < -0.4 is 10.2 Å². The summed E-state index contributed by atoms with van der Waals surface area (Å²) in [4.78, 5) is 30.6. The molecule has 1 fully saturated rings. The first-order valence-electron chi connectivity index (χ1n) is 7.40. The van der Waals surface area contributed by atoms with Crippen molar-refractivity contribution < 1.29 is 9.59 Å². The molecule has 118 valence electrons. The van der Waals surface area contributed by atoms with E-state index in [0.29, 0.717) is 17.1 Å². The third-order valence-corrected chi connectivity index (χ3v) is 4.06. The van der Waals surface area contributed by atoms with Crippen molar-refractivity contribution in [1.29, 1.82) is 0 Å². The zero-order valence-electron chi connectivity index (χ0n) is 12.4. The van der Waals surface area contributed by atoms with E-state index in [9.17, 15) is 9.59 Å². The molecule has 1 aromatic carbocycles. The number of carbonyl (C=O) groups excluding carboxylic acids is 2. The number of nitrogens with zero attached hydrogens (tertiary/aromatic N) is 2. The zero-order valence-corrected chi connectivity index (χ0v) is 13.2. The fourth-order valence-electron chi connectivity index (χ4n) is 2.61. The summed E-state index contributed by atoms with van der Waals surface area (Å²) >= 11 is 5.78. The van der Waals surface area contributed by atoms with Crippen LogP contribution in [0.3, 0.4) is 0 Å². The Morgan fingerprint density at radius 2 is 1.96 bits per heavy atom. The molecule has 0 bridgehead atoms. The Morgan fingerprint density at radius 3 is 2.65 bits per heavy atom. The Morgan fingerprint density at radius 1 is 1.17 bits per heavy atom. The Bertz CT molecular complexity index is 704. The third-order valence-electron chi connectivity index (χ3n) is 3.81. The number of aromatic nitrogens is 1. The molecule has 5 nitrogen and oxygen atoms in total. The normalized spacial score (nSPS) is 17.1. The molecule has 0 saturated carbocycles. The Kier molecular flexibility index (Phi) is 4.57. The lowest BCUT2D eigenvalue weighted by atomic mass is 10.1. The fourth-order valence-corrected chi connectivity index (χ4v) is 2.74. The largest absolute Gasteiger partial charge is 0.354 e. The minimum absolute atomic E-state index is 0.0549. The van der Waals surface area contributed by atoms with Gasteiger partial charge in [-0.25, -0.2) is 4.98 Å². The number of hydrogen-bond acceptors (Lipinski definition) is 4. The van der Waals surface area contributed by atoms with Crippen molar-refractivity contribution in [2.45, 2.75) is 12.5 Å². The van der Waals surface area contributed by atoms with E-state index in [4.69, 9.17) is 11.6 Å². The summed E-state index contributed by atoms with van der Waals surface area (Å²) in [5, 5.41) is 3.33. The molecule has 1 saturated heterocycles. The van der Waals surface area contributed by atoms with Gasteiger partial charge in [-0.2, -0.15) is 0 Å². The molecule has 1 aliphatic rings. The number of amides is 1. The summed E-state index contributed by atoms with van der Waals surface area (Å²) < 4.78 is 0. The first-order chi connectivity index (χ1) is 11.1. The summed E-state index contributed by atoms with van der Waals surface area (Å²) in [6.45, 7) is 1.45. The molecule has 6 heteroatoms. The Hall–Kier alpha value is -2.40. The number of nitrogens with one attached hydrogen (secondary N) is 1. The van der Waals surface area contributed by atoms with E-state index in [-0.39, 0.29) is 6.04 Å². The lowest BCUT2D eigenvalue weighted by Crippen LogP contribution is -2.41. The van der Waals surface area contributed by atoms with E-state index in [1.807, 2.05) is 18.2 Å². The number of Topliss-reactive ketones (excluding diaryl/α,β-unsaturated/α-hetero) is 1. The van der Waals surface area contributed by atoms with Gasteiger partial charge in [0.25, 0.3) is 5.91 Å². The number of rotatable bonds is 4. The minimum Gasteiger partial charge on any atom is -0.354 e. The topological polar surface area (TPSA) is 62.3 Å². The van der Waals surface area contributed by atoms with Crippen molar-refractivity contribution in [3.05, 3.63) is 59.2 Å². The summed E-state index contributed by atoms with van der Waals surface area (Å²) in [7, 11) is 0. The predicted molar refractivity (Wildman–Crippen MR) is 88.8 cm³/mol. The highest BCUT2D eigenvalue weighted by Gasteiger charge is 2.27. The summed E-state index contributed by atoms with van der Waals surface area (Å²) in [6, 6.07) is 12.0. The zero-order chi connectivity index (χ0) is 16.2. The van der Waals surface area contributed by atoms with Crippen LogP contribution in [-0.4, -0.2) is 35.8 Å². The molecule has 1 unspecified atom stereocenters. The molecule has 0 radical (unpaired) electrons. The fraction of sp³-hybridized carbons (Fsp3) is 0.235. The second-order valence-corrected chi connectivity index (χ2v) is 5.87. The number of halogens is 1. The van der Waals surface area contributed by atoms with Crippen LogP contribution in [0.4, 0.5) is 5.82 Å². The molecule has 1 amide bonds. The van der Waals surface area contributed by atoms with Gasteiger partial charge in [0.15, 0.2) is 0 Å². The van der Waals surface area contributed by atoms with E-state index in [0.717, 1.165) is 18.8 Å². The second-order valence-electron chi connectivity index (χ2n) is 5.43. The van der Waals surface area contributed by atoms with Gasteiger partial charge in [0.1, 0.15) is 5.82 Å². The molecular formula is C17H16ClN3O2. The van der Waals surface area contributed by atoms with Crippen molar-refractivity contribution in [3.63, 3.8) is 0 Å². The maximum Gasteiger partial charge on any atom is 0.292 e. The number of hydrogen-bond donors (Lipinski definition) is 1. The van der Waals surface area contributed by atoms with Gasteiger partial charge in [-0.3, -0.25) is 9.59 Å². The molecule has 1 N–H and O–H groups in total. The monoisotopic (exact) mass is 329 g/mol. The van der Waals surface area contributed by atoms with Gasteiger partial charge in [0.2, 0.25) is 5.78 Å². The molecule has 1 atom stereocenters. The third kappa shape index (κ3) is 3.68. The molecule has 2 heterocycles. The van der Waals surface area contributed by atoms with Crippen LogP contribution in [0.15, 0.2) is 48.7 Å². The second kappa shape index (κ2) is 6.79. The summed E-state index contributed by atoms with van der Waals surface area (Å²) in [5.74, 6) is -0.244. The van der Waals surface area contributed by atoms with Crippen molar-refractivity contribution in [2.75, 3.05) is 18.0 Å². The molecule has 23 heavy (non-hydrogen) atoms. The summed E-state index contributed by atoms with van der Waals surface area (Å²) in [6.07, 6.45) is 2.53. The lowest BCUT2D eigenvalue weighted by Gasteiger charge is -2.17. The molecular weight excluding hydrogens is 314 g/mol. The van der Waals surface area contributed by atoms with Gasteiger partial charge in [0, 0.05) is 35.9 Å². The smallest absolute Gasteiger partial charge is 0.292 e. The van der Waals surface area contributed by atoms with Gasteiger partial charge < -0.3 is 10.2 Å². The highest BCUT2D eigenvalue weighted by atomic mass is 35.5. The van der Waals surface area contributed by atoms with Gasteiger partial charge >= 0.3 is 0 Å². The highest BCUT2D eigenvalue weighted by molar-refractivity contribution is 6.43. The minimum atomic E-state index is -0.583. The first kappa shape index (κ1) is 15.5. The van der Waals surface area contributed by atoms with E-state index in [2.05, 4.69) is 15.2 Å². The van der Waals surface area contributed by atoms with Crippen LogP contribution in [0.1, 0.15) is 16.8 Å². The van der Waals surface area contributed by atoms with Crippen LogP contribution in [0.25, 0.3) is 0 Å². The van der Waals surface area contributed by atoms with Crippen molar-refractivity contribution in [2.24, 2.45) is 0 Å². The highest BCUT2D eigenvalue weighted by Crippen LogP contribution is 2.17. The average Bonchev–Trinajstić information content (AvgIpc) is 3.04.